The van der Waals surface area contributed by atoms with Crippen LogP contribution in [0.4, 0.5) is 11.4 Å². The van der Waals surface area contributed by atoms with Crippen molar-refractivity contribution in [2.75, 3.05) is 31.3 Å². The average molecular weight is 289 g/mol. The number of amides is 1. The molecule has 1 aromatic heterocycles. The van der Waals surface area contributed by atoms with Crippen molar-refractivity contribution in [3.8, 4) is 0 Å². The Balaban J connectivity index is 2.03. The summed E-state index contributed by atoms with van der Waals surface area (Å²) in [7, 11) is 3.82. The number of thiophene rings is 1. The fraction of sp³-hybridized carbons (Fsp3) is 0.267. The standard InChI is InChI=1S/C15H19N3OS/c1-18(2)14-4-3-12(16)9-13(14)15(19)17-7-5-11-6-8-20-10-11/h3-4,6,8-10H,5,7,16H2,1-2H3,(H,17,19). The van der Waals surface area contributed by atoms with E-state index in [1.165, 1.54) is 5.56 Å². The second kappa shape index (κ2) is 6.43. The monoisotopic (exact) mass is 289 g/mol. The first kappa shape index (κ1) is 14.4. The van der Waals surface area contributed by atoms with E-state index in [9.17, 15) is 4.79 Å². The molecular weight excluding hydrogens is 270 g/mol. The van der Waals surface area contributed by atoms with E-state index in [1.807, 2.05) is 30.4 Å². The lowest BCUT2D eigenvalue weighted by atomic mass is 10.1. The van der Waals surface area contributed by atoms with Gasteiger partial charge in [0.15, 0.2) is 0 Å². The number of nitrogens with two attached hydrogens (primary N) is 1. The molecule has 0 aliphatic heterocycles. The number of hydrogen-bond acceptors (Lipinski definition) is 4. The second-order valence-corrected chi connectivity index (χ2v) is 5.59. The van der Waals surface area contributed by atoms with Gasteiger partial charge in [-0.3, -0.25) is 4.79 Å². The zero-order valence-corrected chi connectivity index (χ0v) is 12.5. The zero-order valence-electron chi connectivity index (χ0n) is 11.7. The minimum Gasteiger partial charge on any atom is -0.399 e. The molecule has 20 heavy (non-hydrogen) atoms. The van der Waals surface area contributed by atoms with Crippen LogP contribution >= 0.6 is 11.3 Å². The summed E-state index contributed by atoms with van der Waals surface area (Å²) in [5.74, 6) is -0.0868. The molecule has 1 amide bonds. The molecule has 3 N–H and O–H groups in total. The lowest BCUT2D eigenvalue weighted by molar-refractivity contribution is 0.0954. The second-order valence-electron chi connectivity index (χ2n) is 4.81. The van der Waals surface area contributed by atoms with Crippen LogP contribution in [0, 0.1) is 0 Å². The number of benzene rings is 1. The first-order chi connectivity index (χ1) is 9.58. The Kier molecular flexibility index (Phi) is 4.63. The normalized spacial score (nSPS) is 10.3. The minimum absolute atomic E-state index is 0.0868. The molecule has 5 heteroatoms. The molecule has 0 saturated heterocycles. The number of nitrogens with one attached hydrogen (secondary N) is 1. The van der Waals surface area contributed by atoms with Crippen molar-refractivity contribution < 1.29 is 4.79 Å². The third kappa shape index (κ3) is 3.51. The van der Waals surface area contributed by atoms with Crippen LogP contribution in [0.25, 0.3) is 0 Å². The molecular formula is C15H19N3OS. The Labute approximate surface area is 123 Å². The molecule has 0 fully saturated rings. The van der Waals surface area contributed by atoms with Gasteiger partial charge < -0.3 is 16.0 Å². The van der Waals surface area contributed by atoms with E-state index >= 15 is 0 Å². The number of rotatable bonds is 5. The molecule has 1 aromatic carbocycles. The summed E-state index contributed by atoms with van der Waals surface area (Å²) in [6, 6.07) is 7.46. The molecule has 0 spiro atoms. The van der Waals surface area contributed by atoms with Gasteiger partial charge in [0.25, 0.3) is 5.91 Å². The molecule has 2 rings (SSSR count). The van der Waals surface area contributed by atoms with Gasteiger partial charge in [0.05, 0.1) is 5.56 Å². The van der Waals surface area contributed by atoms with Crippen molar-refractivity contribution in [1.82, 2.24) is 5.32 Å². The van der Waals surface area contributed by atoms with Crippen LogP contribution in [0.3, 0.4) is 0 Å². The van der Waals surface area contributed by atoms with Crippen molar-refractivity contribution in [1.29, 1.82) is 0 Å². The highest BCUT2D eigenvalue weighted by Crippen LogP contribution is 2.21. The Hall–Kier alpha value is -2.01. The van der Waals surface area contributed by atoms with Crippen LogP contribution in [0.5, 0.6) is 0 Å². The van der Waals surface area contributed by atoms with Crippen LogP contribution < -0.4 is 16.0 Å². The van der Waals surface area contributed by atoms with Gasteiger partial charge in [-0.15, -0.1) is 0 Å². The number of nitrogens with zero attached hydrogens (tertiary/aromatic N) is 1. The maximum atomic E-state index is 12.3. The van der Waals surface area contributed by atoms with Gasteiger partial charge >= 0.3 is 0 Å². The molecule has 0 saturated carbocycles. The van der Waals surface area contributed by atoms with Gasteiger partial charge in [-0.2, -0.15) is 11.3 Å². The maximum absolute atomic E-state index is 12.3. The topological polar surface area (TPSA) is 58.4 Å². The molecule has 0 aliphatic carbocycles. The van der Waals surface area contributed by atoms with Gasteiger partial charge in [-0.05, 0) is 47.0 Å². The molecule has 0 bridgehead atoms. The smallest absolute Gasteiger partial charge is 0.253 e. The lowest BCUT2D eigenvalue weighted by Gasteiger charge is -2.17. The first-order valence-electron chi connectivity index (χ1n) is 6.44. The molecule has 0 radical (unpaired) electrons. The molecule has 0 unspecified atom stereocenters. The van der Waals surface area contributed by atoms with Crippen LogP contribution in [0.15, 0.2) is 35.0 Å². The van der Waals surface area contributed by atoms with Gasteiger partial charge in [-0.25, -0.2) is 0 Å². The van der Waals surface area contributed by atoms with E-state index in [0.29, 0.717) is 17.8 Å². The molecule has 0 atom stereocenters. The number of nitrogen functional groups attached to an aromatic ring is 1. The summed E-state index contributed by atoms with van der Waals surface area (Å²) in [5, 5.41) is 7.08. The summed E-state index contributed by atoms with van der Waals surface area (Å²) in [6.45, 7) is 0.622. The maximum Gasteiger partial charge on any atom is 0.253 e. The van der Waals surface area contributed by atoms with Crippen molar-refractivity contribution in [3.63, 3.8) is 0 Å². The van der Waals surface area contributed by atoms with Crippen LogP contribution in [0.1, 0.15) is 15.9 Å². The van der Waals surface area contributed by atoms with E-state index in [-0.39, 0.29) is 5.91 Å². The third-order valence-corrected chi connectivity index (χ3v) is 3.76. The highest BCUT2D eigenvalue weighted by atomic mass is 32.1. The van der Waals surface area contributed by atoms with Gasteiger partial charge in [0.1, 0.15) is 0 Å². The summed E-state index contributed by atoms with van der Waals surface area (Å²) in [5.41, 5.74) is 9.10. The van der Waals surface area contributed by atoms with E-state index in [0.717, 1.165) is 12.1 Å². The van der Waals surface area contributed by atoms with Gasteiger partial charge in [-0.1, -0.05) is 0 Å². The molecule has 1 heterocycles. The Morgan fingerprint density at radius 2 is 2.15 bits per heavy atom. The SMILES string of the molecule is CN(C)c1ccc(N)cc1C(=O)NCCc1ccsc1. The number of anilines is 2. The fourth-order valence-corrected chi connectivity index (χ4v) is 2.68. The quantitative estimate of drug-likeness (QED) is 0.831. The summed E-state index contributed by atoms with van der Waals surface area (Å²) < 4.78 is 0. The van der Waals surface area contributed by atoms with E-state index < -0.39 is 0 Å². The first-order valence-corrected chi connectivity index (χ1v) is 7.38. The number of carbonyl (C=O) groups excluding carboxylic acids is 1. The summed E-state index contributed by atoms with van der Waals surface area (Å²) in [6.07, 6.45) is 0.842. The summed E-state index contributed by atoms with van der Waals surface area (Å²) >= 11 is 1.67. The van der Waals surface area contributed by atoms with Crippen molar-refractivity contribution >= 4 is 28.6 Å². The Morgan fingerprint density at radius 3 is 2.80 bits per heavy atom. The van der Waals surface area contributed by atoms with Crippen molar-refractivity contribution in [2.24, 2.45) is 0 Å². The molecule has 0 aliphatic rings. The van der Waals surface area contributed by atoms with E-state index in [2.05, 4.69) is 16.8 Å². The average Bonchev–Trinajstić information content (AvgIpc) is 2.91. The van der Waals surface area contributed by atoms with Crippen molar-refractivity contribution in [2.45, 2.75) is 6.42 Å². The van der Waals surface area contributed by atoms with Crippen LogP contribution in [0.2, 0.25) is 0 Å². The minimum atomic E-state index is -0.0868. The fourth-order valence-electron chi connectivity index (χ4n) is 1.98. The van der Waals surface area contributed by atoms with Crippen LogP contribution in [-0.4, -0.2) is 26.5 Å². The Morgan fingerprint density at radius 1 is 1.35 bits per heavy atom. The molecule has 4 nitrogen and oxygen atoms in total. The van der Waals surface area contributed by atoms with Gasteiger partial charge in [0.2, 0.25) is 0 Å². The third-order valence-electron chi connectivity index (χ3n) is 3.03. The van der Waals surface area contributed by atoms with Gasteiger partial charge in [0, 0.05) is 32.0 Å². The largest absolute Gasteiger partial charge is 0.399 e. The van der Waals surface area contributed by atoms with E-state index in [1.54, 1.807) is 23.5 Å². The predicted octanol–water partition coefficient (Wildman–Crippen LogP) is 2.37. The van der Waals surface area contributed by atoms with Crippen LogP contribution in [-0.2, 0) is 6.42 Å². The number of carbonyl (C=O) groups is 1. The lowest BCUT2D eigenvalue weighted by Crippen LogP contribution is -2.27. The highest BCUT2D eigenvalue weighted by Gasteiger charge is 2.12. The molecule has 106 valence electrons. The number of hydrogen-bond donors (Lipinski definition) is 2. The zero-order chi connectivity index (χ0) is 14.5. The van der Waals surface area contributed by atoms with E-state index in [4.69, 9.17) is 5.73 Å². The summed E-state index contributed by atoms with van der Waals surface area (Å²) in [4.78, 5) is 14.2. The van der Waals surface area contributed by atoms with Crippen molar-refractivity contribution in [3.05, 3.63) is 46.2 Å². The highest BCUT2D eigenvalue weighted by molar-refractivity contribution is 7.07. The Bertz CT molecular complexity index is 579. The predicted molar refractivity (Wildman–Crippen MR) is 85.5 cm³/mol. The molecule has 2 aromatic rings.